The fraction of sp³-hybridized carbons (Fsp3) is 0.278. The summed E-state index contributed by atoms with van der Waals surface area (Å²) >= 11 is 0. The van der Waals surface area contributed by atoms with Crippen molar-refractivity contribution >= 4 is 23.5 Å². The minimum Gasteiger partial charge on any atom is -0.476 e. The molecule has 2 aromatic rings. The fourth-order valence-corrected chi connectivity index (χ4v) is 2.31. The van der Waals surface area contributed by atoms with Crippen LogP contribution >= 0.6 is 0 Å². The number of aryl methyl sites for hydroxylation is 1. The third-order valence-electron chi connectivity index (χ3n) is 3.62. The number of aromatic nitrogens is 2. The van der Waals surface area contributed by atoms with Crippen LogP contribution in [0.25, 0.3) is 0 Å². The lowest BCUT2D eigenvalue weighted by molar-refractivity contribution is -0.116. The van der Waals surface area contributed by atoms with Gasteiger partial charge in [0.25, 0.3) is 5.91 Å². The number of aromatic carboxylic acids is 1. The molecule has 2 amide bonds. The van der Waals surface area contributed by atoms with Crippen LogP contribution in [0.1, 0.15) is 39.9 Å². The van der Waals surface area contributed by atoms with Crippen molar-refractivity contribution in [2.75, 3.05) is 18.4 Å². The molecule has 0 atom stereocenters. The molecule has 0 aliphatic carbocycles. The summed E-state index contributed by atoms with van der Waals surface area (Å²) < 4.78 is 0. The number of hydrogen-bond acceptors (Lipinski definition) is 5. The molecule has 0 saturated carbocycles. The molecular formula is C18H20N4O4. The van der Waals surface area contributed by atoms with Crippen molar-refractivity contribution in [1.29, 1.82) is 0 Å². The Balaban J connectivity index is 2.09. The van der Waals surface area contributed by atoms with Gasteiger partial charge in [-0.1, -0.05) is 25.1 Å². The Kier molecular flexibility index (Phi) is 6.37. The van der Waals surface area contributed by atoms with E-state index in [4.69, 9.17) is 5.11 Å². The molecule has 8 nitrogen and oxygen atoms in total. The topological polar surface area (TPSA) is 112 Å². The molecule has 2 rings (SSSR count). The van der Waals surface area contributed by atoms with E-state index >= 15 is 0 Å². The molecule has 1 aromatic carbocycles. The van der Waals surface area contributed by atoms with Crippen LogP contribution in [0.2, 0.25) is 0 Å². The van der Waals surface area contributed by atoms with Crippen LogP contribution in [-0.2, 0) is 4.79 Å². The van der Waals surface area contributed by atoms with Gasteiger partial charge in [-0.25, -0.2) is 14.8 Å². The summed E-state index contributed by atoms with van der Waals surface area (Å²) in [6.07, 6.45) is 2.78. The Hall–Kier alpha value is -3.29. The van der Waals surface area contributed by atoms with Gasteiger partial charge in [0.2, 0.25) is 5.91 Å². The smallest absolute Gasteiger partial charge is 0.356 e. The molecule has 26 heavy (non-hydrogen) atoms. The van der Waals surface area contributed by atoms with E-state index in [1.165, 1.54) is 4.90 Å². The highest BCUT2D eigenvalue weighted by molar-refractivity contribution is 5.98. The van der Waals surface area contributed by atoms with Gasteiger partial charge >= 0.3 is 5.97 Å². The number of carboxylic acids is 1. The Labute approximate surface area is 150 Å². The van der Waals surface area contributed by atoms with E-state index in [1.807, 2.05) is 32.0 Å². The molecule has 2 N–H and O–H groups in total. The molecule has 0 saturated heterocycles. The lowest BCUT2D eigenvalue weighted by Gasteiger charge is -2.21. The second kappa shape index (κ2) is 8.70. The number of hydrogen-bond donors (Lipinski definition) is 2. The predicted molar refractivity (Wildman–Crippen MR) is 95.0 cm³/mol. The average Bonchev–Trinajstić information content (AvgIpc) is 2.63. The van der Waals surface area contributed by atoms with Gasteiger partial charge in [0.1, 0.15) is 12.2 Å². The van der Waals surface area contributed by atoms with Gasteiger partial charge < -0.3 is 15.3 Å². The summed E-state index contributed by atoms with van der Waals surface area (Å²) in [7, 11) is 0. The van der Waals surface area contributed by atoms with E-state index in [-0.39, 0.29) is 23.8 Å². The zero-order valence-corrected chi connectivity index (χ0v) is 14.6. The molecule has 0 radical (unpaired) electrons. The number of nitrogens with one attached hydrogen (secondary N) is 1. The number of rotatable bonds is 7. The van der Waals surface area contributed by atoms with Gasteiger partial charge in [0, 0.05) is 12.2 Å². The number of carbonyl (C=O) groups excluding carboxylic acids is 2. The lowest BCUT2D eigenvalue weighted by Crippen LogP contribution is -2.39. The Bertz CT molecular complexity index is 805. The van der Waals surface area contributed by atoms with Crippen molar-refractivity contribution in [1.82, 2.24) is 14.9 Å². The van der Waals surface area contributed by atoms with Crippen LogP contribution in [-0.4, -0.2) is 50.8 Å². The van der Waals surface area contributed by atoms with Crippen molar-refractivity contribution in [2.45, 2.75) is 20.3 Å². The van der Waals surface area contributed by atoms with Crippen molar-refractivity contribution in [3.05, 3.63) is 53.6 Å². The molecule has 136 valence electrons. The molecule has 1 heterocycles. The van der Waals surface area contributed by atoms with Crippen molar-refractivity contribution in [3.8, 4) is 0 Å². The van der Waals surface area contributed by atoms with Crippen LogP contribution in [0.5, 0.6) is 0 Å². The number of amides is 2. The van der Waals surface area contributed by atoms with Crippen LogP contribution in [0.3, 0.4) is 0 Å². The number of para-hydroxylation sites is 1. The van der Waals surface area contributed by atoms with E-state index in [0.29, 0.717) is 18.7 Å². The molecule has 0 spiro atoms. The zero-order valence-electron chi connectivity index (χ0n) is 14.6. The maximum absolute atomic E-state index is 12.6. The highest BCUT2D eigenvalue weighted by Gasteiger charge is 2.20. The maximum atomic E-state index is 12.6. The van der Waals surface area contributed by atoms with E-state index in [9.17, 15) is 14.4 Å². The molecule has 8 heteroatoms. The predicted octanol–water partition coefficient (Wildman–Crippen LogP) is 1.97. The fourth-order valence-electron chi connectivity index (χ4n) is 2.31. The first-order chi connectivity index (χ1) is 12.4. The molecule has 0 aliphatic heterocycles. The van der Waals surface area contributed by atoms with Gasteiger partial charge in [0.15, 0.2) is 5.69 Å². The molecular weight excluding hydrogens is 336 g/mol. The summed E-state index contributed by atoms with van der Waals surface area (Å²) in [6, 6.07) is 7.36. The summed E-state index contributed by atoms with van der Waals surface area (Å²) in [5.74, 6) is -2.02. The van der Waals surface area contributed by atoms with E-state index in [1.54, 1.807) is 6.07 Å². The van der Waals surface area contributed by atoms with Crippen LogP contribution < -0.4 is 5.32 Å². The van der Waals surface area contributed by atoms with Crippen molar-refractivity contribution in [3.63, 3.8) is 0 Å². The quantitative estimate of drug-likeness (QED) is 0.784. The van der Waals surface area contributed by atoms with Crippen molar-refractivity contribution < 1.29 is 19.5 Å². The Morgan fingerprint density at radius 3 is 2.35 bits per heavy atom. The summed E-state index contributed by atoms with van der Waals surface area (Å²) in [6.45, 7) is 3.99. The molecule has 0 aliphatic rings. The van der Waals surface area contributed by atoms with Gasteiger partial charge in [-0.3, -0.25) is 9.59 Å². The van der Waals surface area contributed by atoms with Crippen molar-refractivity contribution in [2.24, 2.45) is 0 Å². The monoisotopic (exact) mass is 356 g/mol. The lowest BCUT2D eigenvalue weighted by atomic mass is 10.2. The van der Waals surface area contributed by atoms with Gasteiger partial charge in [-0.05, 0) is 25.0 Å². The number of carbonyl (C=O) groups is 3. The normalized spacial score (nSPS) is 10.2. The second-order valence-electron chi connectivity index (χ2n) is 5.68. The Morgan fingerprint density at radius 2 is 1.77 bits per heavy atom. The van der Waals surface area contributed by atoms with E-state index in [2.05, 4.69) is 15.3 Å². The third-order valence-corrected chi connectivity index (χ3v) is 3.62. The SMILES string of the molecule is CCCN(CC(=O)Nc1ccccc1C)C(=O)c1cnc(C(=O)O)cn1. The highest BCUT2D eigenvalue weighted by Crippen LogP contribution is 2.13. The summed E-state index contributed by atoms with van der Waals surface area (Å²) in [4.78, 5) is 44.6. The van der Waals surface area contributed by atoms with Crippen LogP contribution in [0.15, 0.2) is 36.7 Å². The molecule has 0 bridgehead atoms. The first-order valence-electron chi connectivity index (χ1n) is 8.12. The van der Waals surface area contributed by atoms with Crippen LogP contribution in [0.4, 0.5) is 5.69 Å². The molecule has 0 unspecified atom stereocenters. The van der Waals surface area contributed by atoms with Gasteiger partial charge in [-0.15, -0.1) is 0 Å². The summed E-state index contributed by atoms with van der Waals surface area (Å²) in [5.41, 5.74) is 1.35. The average molecular weight is 356 g/mol. The zero-order chi connectivity index (χ0) is 19.1. The minimum atomic E-state index is -1.22. The first kappa shape index (κ1) is 19.0. The number of anilines is 1. The molecule has 1 aromatic heterocycles. The third kappa shape index (κ3) is 4.85. The van der Waals surface area contributed by atoms with Crippen LogP contribution in [0, 0.1) is 6.92 Å². The standard InChI is InChI=1S/C18H20N4O4/c1-3-8-22(11-16(23)21-13-7-5-4-6-12(13)2)17(24)14-9-20-15(10-19-14)18(25)26/h4-7,9-10H,3,8,11H2,1-2H3,(H,21,23)(H,25,26). The molecule has 0 fully saturated rings. The maximum Gasteiger partial charge on any atom is 0.356 e. The van der Waals surface area contributed by atoms with E-state index in [0.717, 1.165) is 18.0 Å². The van der Waals surface area contributed by atoms with E-state index < -0.39 is 11.9 Å². The minimum absolute atomic E-state index is 0.00728. The summed E-state index contributed by atoms with van der Waals surface area (Å²) in [5, 5.41) is 11.6. The number of benzene rings is 1. The second-order valence-corrected chi connectivity index (χ2v) is 5.68. The number of carboxylic acid groups (broad SMARTS) is 1. The van der Waals surface area contributed by atoms with Gasteiger partial charge in [-0.2, -0.15) is 0 Å². The Morgan fingerprint density at radius 1 is 1.12 bits per heavy atom. The highest BCUT2D eigenvalue weighted by atomic mass is 16.4. The van der Waals surface area contributed by atoms with Gasteiger partial charge in [0.05, 0.1) is 12.4 Å². The number of nitrogens with zero attached hydrogens (tertiary/aromatic N) is 3. The first-order valence-corrected chi connectivity index (χ1v) is 8.12. The largest absolute Gasteiger partial charge is 0.476 e.